The van der Waals surface area contributed by atoms with Crippen molar-refractivity contribution < 1.29 is 37.6 Å². The Labute approximate surface area is 315 Å². The summed E-state index contributed by atoms with van der Waals surface area (Å²) in [6, 6.07) is 0. The van der Waals surface area contributed by atoms with Crippen LogP contribution in [0.1, 0.15) is 136 Å². The summed E-state index contributed by atoms with van der Waals surface area (Å²) in [5.41, 5.74) is 5.32. The Bertz CT molecular complexity index is 1130. The second-order valence-corrected chi connectivity index (χ2v) is 14.0. The molecule has 296 valence electrons. The quantitative estimate of drug-likeness (QED) is 0.0281. The molecule has 0 bridgehead atoms. The van der Waals surface area contributed by atoms with Crippen LogP contribution < -0.4 is 5.73 Å². The SMILES string of the molecule is CC/C=C/C=C/C=C/C=C/C=C/CCCC(=O)OC(COC(=O)CCCCCCC/C=C/C=C/CCCCCCCCC)COP(=O)(O)OCCN. The van der Waals surface area contributed by atoms with Gasteiger partial charge in [-0.25, -0.2) is 4.57 Å². The predicted molar refractivity (Wildman–Crippen MR) is 215 cm³/mol. The van der Waals surface area contributed by atoms with Gasteiger partial charge in [-0.3, -0.25) is 18.6 Å². The lowest BCUT2D eigenvalue weighted by Gasteiger charge is -2.19. The summed E-state index contributed by atoms with van der Waals surface area (Å²) in [5.74, 6) is -0.943. The summed E-state index contributed by atoms with van der Waals surface area (Å²) in [7, 11) is -4.40. The van der Waals surface area contributed by atoms with Crippen molar-refractivity contribution in [2.45, 2.75) is 142 Å². The van der Waals surface area contributed by atoms with E-state index in [-0.39, 0.29) is 32.6 Å². The van der Waals surface area contributed by atoms with E-state index in [4.69, 9.17) is 24.3 Å². The van der Waals surface area contributed by atoms with E-state index in [1.54, 1.807) is 0 Å². The molecule has 0 saturated heterocycles. The van der Waals surface area contributed by atoms with Gasteiger partial charge in [0.1, 0.15) is 6.61 Å². The molecule has 0 saturated carbocycles. The average Bonchev–Trinajstić information content (AvgIpc) is 3.13. The van der Waals surface area contributed by atoms with Crippen LogP contribution in [0, 0.1) is 0 Å². The van der Waals surface area contributed by atoms with E-state index in [1.165, 1.54) is 44.9 Å². The fourth-order valence-electron chi connectivity index (χ4n) is 4.77. The van der Waals surface area contributed by atoms with Crippen molar-refractivity contribution in [3.8, 4) is 0 Å². The smallest absolute Gasteiger partial charge is 0.462 e. The Kier molecular flexibility index (Phi) is 35.9. The van der Waals surface area contributed by atoms with E-state index in [0.717, 1.165) is 44.9 Å². The summed E-state index contributed by atoms with van der Waals surface area (Å²) in [5, 5.41) is 0. The number of ether oxygens (including phenoxy) is 2. The van der Waals surface area contributed by atoms with Crippen LogP contribution in [-0.4, -0.2) is 49.3 Å². The molecule has 0 spiro atoms. The van der Waals surface area contributed by atoms with Gasteiger partial charge in [-0.2, -0.15) is 0 Å². The van der Waals surface area contributed by atoms with E-state index >= 15 is 0 Å². The number of phosphoric ester groups is 1. The summed E-state index contributed by atoms with van der Waals surface area (Å²) < 4.78 is 32.6. The van der Waals surface area contributed by atoms with Crippen LogP contribution in [-0.2, 0) is 32.7 Å². The van der Waals surface area contributed by atoms with Crippen LogP contribution in [0.4, 0.5) is 0 Å². The molecule has 0 aromatic heterocycles. The van der Waals surface area contributed by atoms with Crippen molar-refractivity contribution in [1.82, 2.24) is 0 Å². The molecule has 0 aromatic carbocycles. The zero-order valence-corrected chi connectivity index (χ0v) is 33.1. The highest BCUT2D eigenvalue weighted by atomic mass is 31.2. The largest absolute Gasteiger partial charge is 0.472 e. The van der Waals surface area contributed by atoms with Crippen molar-refractivity contribution in [2.75, 3.05) is 26.4 Å². The van der Waals surface area contributed by atoms with Gasteiger partial charge in [-0.05, 0) is 51.4 Å². The molecule has 10 heteroatoms. The number of hydrogen-bond donors (Lipinski definition) is 2. The Hall–Kier alpha value is -2.81. The second kappa shape index (κ2) is 37.9. The molecule has 0 aromatic rings. The summed E-state index contributed by atoms with van der Waals surface area (Å²) in [6.07, 6.45) is 46.3. The molecule has 0 aliphatic carbocycles. The van der Waals surface area contributed by atoms with E-state index in [2.05, 4.69) is 44.2 Å². The van der Waals surface area contributed by atoms with Crippen molar-refractivity contribution in [2.24, 2.45) is 5.73 Å². The first-order valence-electron chi connectivity index (χ1n) is 19.6. The second-order valence-electron chi connectivity index (χ2n) is 12.6. The molecular weight excluding hydrogens is 677 g/mol. The Morgan fingerprint density at radius 1 is 0.596 bits per heavy atom. The predicted octanol–water partition coefficient (Wildman–Crippen LogP) is 10.9. The molecule has 0 fully saturated rings. The maximum Gasteiger partial charge on any atom is 0.472 e. The minimum atomic E-state index is -4.40. The third-order valence-electron chi connectivity index (χ3n) is 7.67. The zero-order valence-electron chi connectivity index (χ0n) is 32.3. The number of phosphoric acid groups is 1. The lowest BCUT2D eigenvalue weighted by Crippen LogP contribution is -2.29. The Morgan fingerprint density at radius 3 is 1.65 bits per heavy atom. The van der Waals surface area contributed by atoms with Crippen LogP contribution in [0.2, 0.25) is 0 Å². The van der Waals surface area contributed by atoms with Crippen LogP contribution in [0.25, 0.3) is 0 Å². The number of carbonyl (C=O) groups excluding carboxylic acids is 2. The first-order valence-corrected chi connectivity index (χ1v) is 21.1. The van der Waals surface area contributed by atoms with Crippen molar-refractivity contribution in [3.63, 3.8) is 0 Å². The number of unbranched alkanes of at least 4 members (excludes halogenated alkanes) is 13. The minimum absolute atomic E-state index is 0.0350. The number of esters is 2. The first kappa shape index (κ1) is 49.2. The topological polar surface area (TPSA) is 134 Å². The summed E-state index contributed by atoms with van der Waals surface area (Å²) in [6.45, 7) is 3.44. The summed E-state index contributed by atoms with van der Waals surface area (Å²) in [4.78, 5) is 34.7. The molecule has 9 nitrogen and oxygen atoms in total. The molecule has 0 aliphatic rings. The molecule has 2 atom stereocenters. The highest BCUT2D eigenvalue weighted by Gasteiger charge is 2.25. The fraction of sp³-hybridized carbons (Fsp3) is 0.619. The van der Waals surface area contributed by atoms with Gasteiger partial charge in [-0.1, -0.05) is 157 Å². The van der Waals surface area contributed by atoms with Gasteiger partial charge in [0.05, 0.1) is 13.2 Å². The van der Waals surface area contributed by atoms with Gasteiger partial charge in [0.25, 0.3) is 0 Å². The molecular formula is C42H70NO8P. The van der Waals surface area contributed by atoms with Crippen molar-refractivity contribution in [1.29, 1.82) is 0 Å². The third kappa shape index (κ3) is 37.0. The number of hydrogen-bond acceptors (Lipinski definition) is 8. The number of allylic oxidation sites excluding steroid dienone is 14. The number of nitrogens with two attached hydrogens (primary N) is 1. The van der Waals surface area contributed by atoms with E-state index < -0.39 is 32.5 Å². The highest BCUT2D eigenvalue weighted by Crippen LogP contribution is 2.43. The van der Waals surface area contributed by atoms with Gasteiger partial charge in [-0.15, -0.1) is 0 Å². The molecule has 3 N–H and O–H groups in total. The van der Waals surface area contributed by atoms with Crippen molar-refractivity contribution >= 4 is 19.8 Å². The van der Waals surface area contributed by atoms with E-state index in [9.17, 15) is 19.0 Å². The molecule has 0 heterocycles. The molecule has 52 heavy (non-hydrogen) atoms. The average molecular weight is 748 g/mol. The van der Waals surface area contributed by atoms with Crippen molar-refractivity contribution in [3.05, 3.63) is 85.1 Å². The number of carbonyl (C=O) groups is 2. The van der Waals surface area contributed by atoms with E-state index in [0.29, 0.717) is 19.3 Å². The van der Waals surface area contributed by atoms with Crippen LogP contribution in [0.3, 0.4) is 0 Å². The molecule has 0 radical (unpaired) electrons. The standard InChI is InChI=1S/C42H70NO8P/c1-3-5-7-9-11-13-15-17-18-19-20-21-23-24-26-28-30-32-34-41(44)48-38-40(39-50-52(46,47)49-37-36-43)51-42(45)35-33-31-29-27-25-22-16-14-12-10-8-6-4-2/h6,8,10,12,14,16,18-22,25,27,29,40H,3-5,7,9,11,13,15,17,23-24,26,28,30-39,43H2,1-2H3,(H,46,47)/b8-6+,12-10+,16-14+,19-18+,21-20+,25-22+,29-27+. The van der Waals surface area contributed by atoms with E-state index in [1.807, 2.05) is 54.7 Å². The normalized spacial score (nSPS) is 14.3. The Balaban J connectivity index is 4.34. The monoisotopic (exact) mass is 747 g/mol. The van der Waals surface area contributed by atoms with Gasteiger partial charge < -0.3 is 20.1 Å². The van der Waals surface area contributed by atoms with Gasteiger partial charge in [0.15, 0.2) is 6.10 Å². The zero-order chi connectivity index (χ0) is 38.2. The minimum Gasteiger partial charge on any atom is -0.462 e. The fourth-order valence-corrected chi connectivity index (χ4v) is 5.54. The molecule has 0 amide bonds. The molecule has 0 aliphatic heterocycles. The maximum atomic E-state index is 12.5. The summed E-state index contributed by atoms with van der Waals surface area (Å²) >= 11 is 0. The molecule has 2 unspecified atom stereocenters. The van der Waals surface area contributed by atoms with Gasteiger partial charge in [0.2, 0.25) is 0 Å². The highest BCUT2D eigenvalue weighted by molar-refractivity contribution is 7.47. The van der Waals surface area contributed by atoms with Crippen LogP contribution in [0.5, 0.6) is 0 Å². The first-order chi connectivity index (χ1) is 25.3. The molecule has 0 rings (SSSR count). The number of rotatable bonds is 35. The van der Waals surface area contributed by atoms with Crippen LogP contribution in [0.15, 0.2) is 85.1 Å². The maximum absolute atomic E-state index is 12.5. The lowest BCUT2D eigenvalue weighted by atomic mass is 10.1. The van der Waals surface area contributed by atoms with Gasteiger partial charge in [0, 0.05) is 19.4 Å². The van der Waals surface area contributed by atoms with Gasteiger partial charge >= 0.3 is 19.8 Å². The third-order valence-corrected chi connectivity index (χ3v) is 8.66. The Morgan fingerprint density at radius 2 is 1.08 bits per heavy atom. The lowest BCUT2D eigenvalue weighted by molar-refractivity contribution is -0.161. The van der Waals surface area contributed by atoms with Crippen LogP contribution >= 0.6 is 7.82 Å².